The molecule has 0 radical (unpaired) electrons. The van der Waals surface area contributed by atoms with Gasteiger partial charge in [0.1, 0.15) is 0 Å². The number of aromatic nitrogens is 3. The Hall–Kier alpha value is -1.75. The van der Waals surface area contributed by atoms with E-state index in [-0.39, 0.29) is 36.1 Å². The number of carbonyl (C=O) groups is 1. The van der Waals surface area contributed by atoms with Gasteiger partial charge in [0, 0.05) is 38.3 Å². The van der Waals surface area contributed by atoms with Gasteiger partial charge in [-0.2, -0.15) is 18.3 Å². The number of hydrogen-bond donors (Lipinski definition) is 0. The third kappa shape index (κ3) is 5.61. The van der Waals surface area contributed by atoms with Crippen LogP contribution in [0.25, 0.3) is 11.3 Å². The Labute approximate surface area is 175 Å². The first-order chi connectivity index (χ1) is 12.3. The third-order valence-corrected chi connectivity index (χ3v) is 4.06. The minimum Gasteiger partial charge on any atom is -0.549 e. The van der Waals surface area contributed by atoms with Crippen LogP contribution < -0.4 is 39.6 Å². The first-order valence-electron chi connectivity index (χ1n) is 7.87. The van der Waals surface area contributed by atoms with Crippen LogP contribution in [0.4, 0.5) is 19.1 Å². The van der Waals surface area contributed by atoms with Crippen molar-refractivity contribution in [1.82, 2.24) is 20.1 Å². The molecule has 27 heavy (non-hydrogen) atoms. The van der Waals surface area contributed by atoms with Crippen LogP contribution in [0.5, 0.6) is 0 Å². The zero-order valence-electron chi connectivity index (χ0n) is 14.6. The van der Waals surface area contributed by atoms with Gasteiger partial charge in [0.05, 0.1) is 23.4 Å². The molecule has 0 aliphatic carbocycles. The quantitative estimate of drug-likeness (QED) is 0.532. The van der Waals surface area contributed by atoms with E-state index in [9.17, 15) is 23.1 Å². The molecular weight excluding hydrogens is 374 g/mol. The van der Waals surface area contributed by atoms with Crippen molar-refractivity contribution >= 4 is 11.9 Å². The second-order valence-corrected chi connectivity index (χ2v) is 5.85. The van der Waals surface area contributed by atoms with E-state index in [1.54, 1.807) is 4.90 Å². The van der Waals surface area contributed by atoms with Gasteiger partial charge in [0.2, 0.25) is 5.95 Å². The molecule has 1 aliphatic heterocycles. The number of carbonyl (C=O) groups excluding carboxylic acids is 1. The molecule has 3 rings (SSSR count). The minimum atomic E-state index is -4.39. The molecule has 7 nitrogen and oxygen atoms in total. The average Bonchev–Trinajstić information content (AvgIpc) is 2.61. The molecule has 0 atom stereocenters. The van der Waals surface area contributed by atoms with Crippen molar-refractivity contribution < 1.29 is 52.6 Å². The molecule has 0 bridgehead atoms. The van der Waals surface area contributed by atoms with Crippen LogP contribution >= 0.6 is 0 Å². The smallest absolute Gasteiger partial charge is 0.549 e. The van der Waals surface area contributed by atoms with Crippen LogP contribution in [0.3, 0.4) is 0 Å². The summed E-state index contributed by atoms with van der Waals surface area (Å²) in [6.07, 6.45) is -3.00. The molecule has 0 spiro atoms. The zero-order chi connectivity index (χ0) is 18.7. The van der Waals surface area contributed by atoms with E-state index >= 15 is 0 Å². The van der Waals surface area contributed by atoms with Gasteiger partial charge in [0.25, 0.3) is 0 Å². The number of aliphatic carboxylic acids is 1. The Balaban J connectivity index is 0.00000261. The Morgan fingerprint density at radius 2 is 1.74 bits per heavy atom. The van der Waals surface area contributed by atoms with E-state index in [0.29, 0.717) is 43.4 Å². The van der Waals surface area contributed by atoms with E-state index < -0.39 is 17.7 Å². The topological polar surface area (TPSA) is 85.3 Å². The van der Waals surface area contributed by atoms with Crippen molar-refractivity contribution in [3.8, 4) is 11.3 Å². The summed E-state index contributed by atoms with van der Waals surface area (Å²) in [7, 11) is 0. The number of halogens is 3. The van der Waals surface area contributed by atoms with Crippen molar-refractivity contribution in [2.75, 3.05) is 37.6 Å². The summed E-state index contributed by atoms with van der Waals surface area (Å²) in [5.74, 6) is -0.767. The van der Waals surface area contributed by atoms with Crippen molar-refractivity contribution in [2.45, 2.75) is 6.18 Å². The zero-order valence-corrected chi connectivity index (χ0v) is 16.6. The number of nitrogens with zero attached hydrogens (tertiary/aromatic N) is 5. The number of hydrogen-bond acceptors (Lipinski definition) is 7. The largest absolute Gasteiger partial charge is 1.00 e. The fourth-order valence-corrected chi connectivity index (χ4v) is 2.69. The van der Waals surface area contributed by atoms with Gasteiger partial charge >= 0.3 is 35.7 Å². The molecule has 1 aromatic heterocycles. The molecule has 2 aromatic rings. The number of rotatable bonds is 4. The van der Waals surface area contributed by atoms with Gasteiger partial charge in [-0.15, -0.1) is 5.10 Å². The Bertz CT molecular complexity index is 780. The molecule has 2 heterocycles. The number of piperazine rings is 1. The Morgan fingerprint density at radius 1 is 1.11 bits per heavy atom. The van der Waals surface area contributed by atoms with Crippen molar-refractivity contribution in [3.05, 3.63) is 36.0 Å². The number of anilines is 1. The van der Waals surface area contributed by atoms with Crippen molar-refractivity contribution in [1.29, 1.82) is 0 Å². The molecule has 0 amide bonds. The Kier molecular flexibility index (Phi) is 7.15. The molecule has 1 aliphatic rings. The first-order valence-corrected chi connectivity index (χ1v) is 7.87. The molecule has 1 saturated heterocycles. The molecular formula is C16H15F3N5NaO2. The molecule has 138 valence electrons. The van der Waals surface area contributed by atoms with E-state index in [1.807, 2.05) is 4.90 Å². The second kappa shape index (κ2) is 8.96. The number of benzene rings is 1. The summed E-state index contributed by atoms with van der Waals surface area (Å²) in [6, 6.07) is 4.68. The summed E-state index contributed by atoms with van der Waals surface area (Å²) in [5, 5.41) is 18.5. The molecule has 0 unspecified atom stereocenters. The number of carboxylic acids is 1. The van der Waals surface area contributed by atoms with Gasteiger partial charge in [-0.05, 0) is 12.1 Å². The maximum Gasteiger partial charge on any atom is 1.00 e. The van der Waals surface area contributed by atoms with Crippen LogP contribution in [0, 0.1) is 0 Å². The standard InChI is InChI=1S/C16H16F3N5O2.Na/c17-16(18,19)12-3-1-11(2-4-12)13-9-20-22-15(21-13)24-7-5-23(6-8-24)10-14(25)26;/h1-4,9H,5-8,10H2,(H,25,26);/q;+1/p-1. The van der Waals surface area contributed by atoms with Gasteiger partial charge in [0.15, 0.2) is 0 Å². The molecule has 11 heteroatoms. The summed E-state index contributed by atoms with van der Waals surface area (Å²) >= 11 is 0. The van der Waals surface area contributed by atoms with Gasteiger partial charge in [-0.3, -0.25) is 4.90 Å². The summed E-state index contributed by atoms with van der Waals surface area (Å²) in [5.41, 5.74) is 0.193. The molecule has 1 fully saturated rings. The normalized spacial score (nSPS) is 15.3. The molecule has 0 saturated carbocycles. The fourth-order valence-electron chi connectivity index (χ4n) is 2.69. The fraction of sp³-hybridized carbons (Fsp3) is 0.375. The van der Waals surface area contributed by atoms with Crippen molar-refractivity contribution in [2.24, 2.45) is 0 Å². The third-order valence-electron chi connectivity index (χ3n) is 4.06. The summed E-state index contributed by atoms with van der Waals surface area (Å²) < 4.78 is 38.0. The van der Waals surface area contributed by atoms with Crippen LogP contribution in [0.1, 0.15) is 5.56 Å². The van der Waals surface area contributed by atoms with Crippen LogP contribution in [0.2, 0.25) is 0 Å². The van der Waals surface area contributed by atoms with Crippen LogP contribution in [-0.4, -0.2) is 58.8 Å². The predicted octanol–water partition coefficient (Wildman–Crippen LogP) is -2.57. The van der Waals surface area contributed by atoms with E-state index in [0.717, 1.165) is 12.1 Å². The second-order valence-electron chi connectivity index (χ2n) is 5.85. The van der Waals surface area contributed by atoms with Gasteiger partial charge in [-0.1, -0.05) is 12.1 Å². The van der Waals surface area contributed by atoms with E-state index in [1.165, 1.54) is 18.3 Å². The van der Waals surface area contributed by atoms with Crippen LogP contribution in [-0.2, 0) is 11.0 Å². The predicted molar refractivity (Wildman–Crippen MR) is 83.9 cm³/mol. The maximum absolute atomic E-state index is 12.7. The van der Waals surface area contributed by atoms with Gasteiger partial charge < -0.3 is 14.8 Å². The minimum absolute atomic E-state index is 0. The molecule has 1 aromatic carbocycles. The van der Waals surface area contributed by atoms with E-state index in [4.69, 9.17) is 0 Å². The molecule has 0 N–H and O–H groups in total. The number of carboxylic acid groups (broad SMARTS) is 1. The average molecular weight is 389 g/mol. The first kappa shape index (κ1) is 21.5. The summed E-state index contributed by atoms with van der Waals surface area (Å²) in [4.78, 5) is 18.6. The SMILES string of the molecule is O=C([O-])CN1CCN(c2nncc(-c3ccc(C(F)(F)F)cc3)n2)CC1.[Na+]. The van der Waals surface area contributed by atoms with Crippen molar-refractivity contribution in [3.63, 3.8) is 0 Å². The van der Waals surface area contributed by atoms with E-state index in [2.05, 4.69) is 15.2 Å². The van der Waals surface area contributed by atoms with Crippen LogP contribution in [0.15, 0.2) is 30.5 Å². The monoisotopic (exact) mass is 389 g/mol. The Morgan fingerprint density at radius 3 is 2.30 bits per heavy atom. The van der Waals surface area contributed by atoms with Gasteiger partial charge in [-0.25, -0.2) is 4.98 Å². The maximum atomic E-state index is 12.7. The summed E-state index contributed by atoms with van der Waals surface area (Å²) in [6.45, 7) is 1.94. The number of alkyl halides is 3.